The van der Waals surface area contributed by atoms with Crippen LogP contribution in [0.4, 0.5) is 0 Å². The van der Waals surface area contributed by atoms with E-state index in [0.717, 1.165) is 16.5 Å². The SMILES string of the molecule is O=C1CC(c2cccc3cn[nH]c23)C(=O)O1. The highest BCUT2D eigenvalue weighted by Gasteiger charge is 2.35. The molecule has 2 heterocycles. The first-order valence-electron chi connectivity index (χ1n) is 4.92. The summed E-state index contributed by atoms with van der Waals surface area (Å²) in [5, 5.41) is 7.67. The topological polar surface area (TPSA) is 72.0 Å². The van der Waals surface area contributed by atoms with Crippen molar-refractivity contribution in [1.29, 1.82) is 0 Å². The number of aromatic nitrogens is 2. The minimum atomic E-state index is -0.503. The van der Waals surface area contributed by atoms with E-state index < -0.39 is 17.9 Å². The van der Waals surface area contributed by atoms with Gasteiger partial charge in [-0.25, -0.2) is 0 Å². The molecule has 0 aliphatic carbocycles. The molecule has 2 aromatic rings. The molecule has 0 bridgehead atoms. The average molecular weight is 216 g/mol. The van der Waals surface area contributed by atoms with Gasteiger partial charge in [0, 0.05) is 5.39 Å². The molecular formula is C11H8N2O3. The van der Waals surface area contributed by atoms with E-state index in [-0.39, 0.29) is 6.42 Å². The fourth-order valence-electron chi connectivity index (χ4n) is 1.99. The summed E-state index contributed by atoms with van der Waals surface area (Å²) in [6, 6.07) is 5.54. The van der Waals surface area contributed by atoms with Gasteiger partial charge in [-0.3, -0.25) is 14.7 Å². The Labute approximate surface area is 90.4 Å². The Balaban J connectivity index is 2.15. The zero-order chi connectivity index (χ0) is 11.1. The molecular weight excluding hydrogens is 208 g/mol. The largest absolute Gasteiger partial charge is 0.393 e. The van der Waals surface area contributed by atoms with Gasteiger partial charge in [-0.15, -0.1) is 0 Å². The Bertz CT molecular complexity index is 588. The lowest BCUT2D eigenvalue weighted by Crippen LogP contribution is -2.06. The second-order valence-corrected chi connectivity index (χ2v) is 3.73. The molecule has 0 saturated carbocycles. The summed E-state index contributed by atoms with van der Waals surface area (Å²) in [6.07, 6.45) is 1.79. The van der Waals surface area contributed by atoms with Crippen LogP contribution in [0.15, 0.2) is 24.4 Å². The fraction of sp³-hybridized carbons (Fsp3) is 0.182. The number of cyclic esters (lactones) is 2. The summed E-state index contributed by atoms with van der Waals surface area (Å²) in [7, 11) is 0. The standard InChI is InChI=1S/C11H8N2O3/c14-9-4-8(11(15)16-9)7-3-1-2-6-5-12-13-10(6)7/h1-3,5,8H,4H2,(H,12,13). The molecule has 3 rings (SSSR count). The zero-order valence-electron chi connectivity index (χ0n) is 8.27. The number of nitrogens with one attached hydrogen (secondary N) is 1. The van der Waals surface area contributed by atoms with Crippen molar-refractivity contribution in [3.05, 3.63) is 30.0 Å². The van der Waals surface area contributed by atoms with Crippen molar-refractivity contribution in [2.24, 2.45) is 0 Å². The van der Waals surface area contributed by atoms with Crippen molar-refractivity contribution in [3.63, 3.8) is 0 Å². The van der Waals surface area contributed by atoms with Crippen LogP contribution in [0.5, 0.6) is 0 Å². The average Bonchev–Trinajstić information content (AvgIpc) is 2.84. The maximum absolute atomic E-state index is 11.5. The molecule has 0 amide bonds. The minimum Gasteiger partial charge on any atom is -0.393 e. The normalized spacial score (nSPS) is 20.4. The van der Waals surface area contributed by atoms with Crippen LogP contribution in [0, 0.1) is 0 Å². The lowest BCUT2D eigenvalue weighted by molar-refractivity contribution is -0.152. The number of para-hydroxylation sites is 1. The van der Waals surface area contributed by atoms with Crippen LogP contribution in [0.3, 0.4) is 0 Å². The van der Waals surface area contributed by atoms with E-state index in [1.807, 2.05) is 18.2 Å². The highest BCUT2D eigenvalue weighted by atomic mass is 16.6. The van der Waals surface area contributed by atoms with E-state index >= 15 is 0 Å². The summed E-state index contributed by atoms with van der Waals surface area (Å²) in [6.45, 7) is 0. The van der Waals surface area contributed by atoms with E-state index in [4.69, 9.17) is 0 Å². The van der Waals surface area contributed by atoms with Crippen molar-refractivity contribution in [3.8, 4) is 0 Å². The number of aromatic amines is 1. The van der Waals surface area contributed by atoms with Gasteiger partial charge < -0.3 is 4.74 Å². The second-order valence-electron chi connectivity index (χ2n) is 3.73. The van der Waals surface area contributed by atoms with Gasteiger partial charge in [0.2, 0.25) is 0 Å². The number of benzene rings is 1. The molecule has 5 heteroatoms. The first kappa shape index (κ1) is 9.08. The van der Waals surface area contributed by atoms with Crippen LogP contribution in [-0.2, 0) is 14.3 Å². The third-order valence-corrected chi connectivity index (χ3v) is 2.75. The van der Waals surface area contributed by atoms with Gasteiger partial charge in [0.1, 0.15) is 0 Å². The number of H-pyrrole nitrogens is 1. The van der Waals surface area contributed by atoms with Crippen molar-refractivity contribution in [2.75, 3.05) is 0 Å². The Hall–Kier alpha value is -2.17. The number of carbonyl (C=O) groups is 2. The molecule has 1 aromatic heterocycles. The number of fused-ring (bicyclic) bond motifs is 1. The summed E-state index contributed by atoms with van der Waals surface area (Å²) >= 11 is 0. The molecule has 1 saturated heterocycles. The Kier molecular flexibility index (Phi) is 1.80. The van der Waals surface area contributed by atoms with Gasteiger partial charge in [-0.2, -0.15) is 5.10 Å². The van der Waals surface area contributed by atoms with Gasteiger partial charge in [-0.1, -0.05) is 18.2 Å². The highest BCUT2D eigenvalue weighted by Crippen LogP contribution is 2.31. The smallest absolute Gasteiger partial charge is 0.321 e. The predicted octanol–water partition coefficient (Wildman–Crippen LogP) is 1.12. The highest BCUT2D eigenvalue weighted by molar-refractivity contribution is 6.00. The van der Waals surface area contributed by atoms with Crippen LogP contribution >= 0.6 is 0 Å². The van der Waals surface area contributed by atoms with Gasteiger partial charge in [0.15, 0.2) is 0 Å². The molecule has 5 nitrogen and oxygen atoms in total. The zero-order valence-corrected chi connectivity index (χ0v) is 8.27. The van der Waals surface area contributed by atoms with E-state index in [2.05, 4.69) is 14.9 Å². The first-order valence-corrected chi connectivity index (χ1v) is 4.92. The monoisotopic (exact) mass is 216 g/mol. The molecule has 80 valence electrons. The Morgan fingerprint density at radius 2 is 2.25 bits per heavy atom. The number of carbonyl (C=O) groups excluding carboxylic acids is 2. The molecule has 1 atom stereocenters. The van der Waals surface area contributed by atoms with Crippen molar-refractivity contribution >= 4 is 22.8 Å². The molecule has 16 heavy (non-hydrogen) atoms. The van der Waals surface area contributed by atoms with E-state index in [9.17, 15) is 9.59 Å². The summed E-state index contributed by atoms with van der Waals surface area (Å²) in [5.41, 5.74) is 1.56. The quantitative estimate of drug-likeness (QED) is 0.572. The molecule has 1 N–H and O–H groups in total. The van der Waals surface area contributed by atoms with Gasteiger partial charge in [0.25, 0.3) is 0 Å². The number of rotatable bonds is 1. The van der Waals surface area contributed by atoms with Crippen LogP contribution < -0.4 is 0 Å². The molecule has 1 unspecified atom stereocenters. The van der Waals surface area contributed by atoms with E-state index in [0.29, 0.717) is 0 Å². The maximum Gasteiger partial charge on any atom is 0.321 e. The Morgan fingerprint density at radius 3 is 3.00 bits per heavy atom. The third kappa shape index (κ3) is 1.21. The lowest BCUT2D eigenvalue weighted by atomic mass is 9.96. The molecule has 1 aromatic carbocycles. The van der Waals surface area contributed by atoms with Crippen LogP contribution in [0.25, 0.3) is 10.9 Å². The predicted molar refractivity (Wildman–Crippen MR) is 54.6 cm³/mol. The van der Waals surface area contributed by atoms with Crippen LogP contribution in [0.2, 0.25) is 0 Å². The number of hydrogen-bond acceptors (Lipinski definition) is 4. The van der Waals surface area contributed by atoms with Crippen LogP contribution in [-0.4, -0.2) is 22.1 Å². The number of hydrogen-bond donors (Lipinski definition) is 1. The number of nitrogens with zero attached hydrogens (tertiary/aromatic N) is 1. The molecule has 1 aliphatic rings. The minimum absolute atomic E-state index is 0.108. The lowest BCUT2D eigenvalue weighted by Gasteiger charge is -2.05. The fourth-order valence-corrected chi connectivity index (χ4v) is 1.99. The number of ether oxygens (including phenoxy) is 1. The van der Waals surface area contributed by atoms with Crippen molar-refractivity contribution in [1.82, 2.24) is 10.2 Å². The maximum atomic E-state index is 11.5. The second kappa shape index (κ2) is 3.16. The number of esters is 2. The van der Waals surface area contributed by atoms with E-state index in [1.165, 1.54) is 0 Å². The Morgan fingerprint density at radius 1 is 1.38 bits per heavy atom. The van der Waals surface area contributed by atoms with Gasteiger partial charge >= 0.3 is 11.9 Å². The molecule has 1 aliphatic heterocycles. The van der Waals surface area contributed by atoms with Crippen LogP contribution in [0.1, 0.15) is 17.9 Å². The van der Waals surface area contributed by atoms with E-state index in [1.54, 1.807) is 6.20 Å². The first-order chi connectivity index (χ1) is 7.75. The summed E-state index contributed by atoms with van der Waals surface area (Å²) in [4.78, 5) is 22.5. The van der Waals surface area contributed by atoms with Gasteiger partial charge in [-0.05, 0) is 5.56 Å². The molecule has 0 spiro atoms. The third-order valence-electron chi connectivity index (χ3n) is 2.75. The van der Waals surface area contributed by atoms with Crippen molar-refractivity contribution in [2.45, 2.75) is 12.3 Å². The van der Waals surface area contributed by atoms with Crippen molar-refractivity contribution < 1.29 is 14.3 Å². The summed E-state index contributed by atoms with van der Waals surface area (Å²) < 4.78 is 4.54. The van der Waals surface area contributed by atoms with Gasteiger partial charge in [0.05, 0.1) is 24.1 Å². The molecule has 0 radical (unpaired) electrons. The molecule has 1 fully saturated rings. The summed E-state index contributed by atoms with van der Waals surface area (Å²) in [5.74, 6) is -1.45.